The average Bonchev–Trinajstić information content (AvgIpc) is 3.30. The Morgan fingerprint density at radius 3 is 2.60 bits per heavy atom. The maximum absolute atomic E-state index is 13.9. The molecule has 0 spiro atoms. The summed E-state index contributed by atoms with van der Waals surface area (Å²) in [6, 6.07) is 20.2. The molecule has 0 fully saturated rings. The van der Waals surface area contributed by atoms with Crippen LogP contribution in [0.2, 0.25) is 0 Å². The van der Waals surface area contributed by atoms with Gasteiger partial charge >= 0.3 is 6.18 Å². The molecule has 2 heterocycles. The van der Waals surface area contributed by atoms with Gasteiger partial charge in [0.15, 0.2) is 0 Å². The Hall–Kier alpha value is -3.47. The number of nitrogens with one attached hydrogen (secondary N) is 3. The lowest BCUT2D eigenvalue weighted by Gasteiger charge is -2.26. The first-order valence-corrected chi connectivity index (χ1v) is 15.1. The van der Waals surface area contributed by atoms with Crippen molar-refractivity contribution in [3.05, 3.63) is 101 Å². The molecule has 1 aromatic heterocycles. The number of carbonyl (C=O) groups excluding carboxylic acids is 1. The zero-order chi connectivity index (χ0) is 29.9. The molecule has 0 aliphatic carbocycles. The van der Waals surface area contributed by atoms with E-state index in [2.05, 4.69) is 45.9 Å². The molecule has 0 bridgehead atoms. The number of amides is 1. The number of alkyl halides is 3. The lowest BCUT2D eigenvalue weighted by Crippen LogP contribution is -2.49. The average molecular weight is 597 g/mol. The van der Waals surface area contributed by atoms with E-state index in [1.165, 1.54) is 6.07 Å². The Bertz CT molecular complexity index is 1540. The normalized spacial score (nSPS) is 16.5. The summed E-state index contributed by atoms with van der Waals surface area (Å²) in [5, 5.41) is 18.4. The molecule has 0 saturated heterocycles. The molecule has 1 aliphatic rings. The van der Waals surface area contributed by atoms with Gasteiger partial charge in [-0.1, -0.05) is 73.5 Å². The van der Waals surface area contributed by atoms with Crippen molar-refractivity contribution >= 4 is 34.4 Å². The first-order valence-electron chi connectivity index (χ1n) is 14.1. The molecule has 0 saturated carbocycles. The highest BCUT2D eigenvalue weighted by atomic mass is 32.2. The maximum atomic E-state index is 13.9. The van der Waals surface area contributed by atoms with E-state index < -0.39 is 23.9 Å². The molecule has 4 aromatic rings. The molecule has 3 atom stereocenters. The van der Waals surface area contributed by atoms with Crippen LogP contribution in [0, 0.1) is 0 Å². The van der Waals surface area contributed by atoms with Crippen molar-refractivity contribution in [2.45, 2.75) is 57.6 Å². The Labute approximate surface area is 247 Å². The molecule has 4 N–H and O–H groups in total. The number of anilines is 1. The van der Waals surface area contributed by atoms with Gasteiger partial charge in [-0.05, 0) is 54.7 Å². The SMILES string of the molecule is CCc1ccc2c3c1cc(C(=O)N[C@@H](Cc1ccccc1)[C@H](O)CNCc1cccc(C(F)(F)F)c1)n3C(C)CSN2. The van der Waals surface area contributed by atoms with Gasteiger partial charge in [0.05, 0.1) is 28.9 Å². The van der Waals surface area contributed by atoms with Crippen molar-refractivity contribution < 1.29 is 23.1 Å². The van der Waals surface area contributed by atoms with Crippen molar-refractivity contribution in [3.8, 4) is 0 Å². The van der Waals surface area contributed by atoms with E-state index in [9.17, 15) is 23.1 Å². The summed E-state index contributed by atoms with van der Waals surface area (Å²) in [5.74, 6) is 0.492. The first-order chi connectivity index (χ1) is 20.2. The molecule has 1 amide bonds. The molecule has 1 unspecified atom stereocenters. The Kier molecular flexibility index (Phi) is 9.15. The van der Waals surface area contributed by atoms with Gasteiger partial charge in [-0.15, -0.1) is 0 Å². The van der Waals surface area contributed by atoms with Crippen LogP contribution in [0.1, 0.15) is 52.6 Å². The van der Waals surface area contributed by atoms with Gasteiger partial charge in [-0.3, -0.25) is 4.79 Å². The summed E-state index contributed by atoms with van der Waals surface area (Å²) in [6.45, 7) is 4.41. The number of rotatable bonds is 10. The third kappa shape index (κ3) is 6.61. The number of carbonyl (C=O) groups is 1. The third-order valence-corrected chi connectivity index (χ3v) is 8.68. The molecule has 10 heteroatoms. The molecule has 0 radical (unpaired) electrons. The summed E-state index contributed by atoms with van der Waals surface area (Å²) < 4.78 is 44.9. The van der Waals surface area contributed by atoms with Crippen LogP contribution in [0.25, 0.3) is 10.9 Å². The van der Waals surface area contributed by atoms with E-state index in [-0.39, 0.29) is 25.0 Å². The van der Waals surface area contributed by atoms with Crippen molar-refractivity contribution in [1.82, 2.24) is 15.2 Å². The van der Waals surface area contributed by atoms with Gasteiger partial charge < -0.3 is 25.0 Å². The minimum absolute atomic E-state index is 0.0562. The molecule has 1 aliphatic heterocycles. The highest BCUT2D eigenvalue weighted by Gasteiger charge is 2.31. The molecular weight excluding hydrogens is 561 g/mol. The number of benzene rings is 3. The lowest BCUT2D eigenvalue weighted by atomic mass is 10.0. The van der Waals surface area contributed by atoms with Crippen LogP contribution in [0.5, 0.6) is 0 Å². The van der Waals surface area contributed by atoms with Gasteiger partial charge in [0, 0.05) is 30.3 Å². The fourth-order valence-corrected chi connectivity index (χ4v) is 6.29. The van der Waals surface area contributed by atoms with Gasteiger partial charge in [0.2, 0.25) is 0 Å². The molecule has 5 rings (SSSR count). The number of hydrogen-bond acceptors (Lipinski definition) is 5. The predicted octanol–water partition coefficient (Wildman–Crippen LogP) is 6.35. The molecular formula is C32H35F3N4O2S. The fraction of sp³-hybridized carbons (Fsp3) is 0.344. The van der Waals surface area contributed by atoms with E-state index in [0.29, 0.717) is 17.7 Å². The van der Waals surface area contributed by atoms with Crippen molar-refractivity contribution in [1.29, 1.82) is 0 Å². The van der Waals surface area contributed by atoms with Crippen molar-refractivity contribution in [3.63, 3.8) is 0 Å². The standard InChI is InChI=1S/C32H35F3N4O2S/c1-3-23-12-13-26-30-25(23)16-28(39(30)20(2)19-42-38-26)31(41)37-27(15-21-8-5-4-6-9-21)29(40)18-36-17-22-10-7-11-24(14-22)32(33,34)35/h4-14,16,20,27,29,36,38,40H,3,15,17-19H2,1-2H3,(H,37,41)/t20?,27-,29+/m0/s1. The summed E-state index contributed by atoms with van der Waals surface area (Å²) in [6.07, 6.45) is -4.20. The largest absolute Gasteiger partial charge is 0.416 e. The van der Waals surface area contributed by atoms with Gasteiger partial charge in [0.1, 0.15) is 5.69 Å². The van der Waals surface area contributed by atoms with E-state index in [4.69, 9.17) is 0 Å². The van der Waals surface area contributed by atoms with Crippen LogP contribution in [0.3, 0.4) is 0 Å². The zero-order valence-corrected chi connectivity index (χ0v) is 24.4. The fourth-order valence-electron chi connectivity index (χ4n) is 5.49. The highest BCUT2D eigenvalue weighted by molar-refractivity contribution is 8.00. The minimum Gasteiger partial charge on any atom is -0.390 e. The molecule has 6 nitrogen and oxygen atoms in total. The minimum atomic E-state index is -4.42. The molecule has 42 heavy (non-hydrogen) atoms. The van der Waals surface area contributed by atoms with Crippen LogP contribution in [-0.4, -0.2) is 40.0 Å². The number of nitrogens with zero attached hydrogens (tertiary/aromatic N) is 1. The summed E-state index contributed by atoms with van der Waals surface area (Å²) in [5.41, 5.74) is 4.35. The van der Waals surface area contributed by atoms with Crippen LogP contribution < -0.4 is 15.4 Å². The number of aryl methyl sites for hydroxylation is 1. The number of hydrogen-bond donors (Lipinski definition) is 4. The zero-order valence-electron chi connectivity index (χ0n) is 23.5. The Balaban J connectivity index is 1.38. The van der Waals surface area contributed by atoms with Gasteiger partial charge in [-0.25, -0.2) is 0 Å². The second kappa shape index (κ2) is 12.8. The van der Waals surface area contributed by atoms with E-state index in [1.807, 2.05) is 36.4 Å². The maximum Gasteiger partial charge on any atom is 0.416 e. The number of aliphatic hydroxyl groups is 1. The second-order valence-corrected chi connectivity index (χ2v) is 11.5. The lowest BCUT2D eigenvalue weighted by molar-refractivity contribution is -0.137. The molecule has 222 valence electrons. The van der Waals surface area contributed by atoms with Crippen LogP contribution in [0.4, 0.5) is 18.9 Å². The van der Waals surface area contributed by atoms with E-state index in [1.54, 1.807) is 18.0 Å². The Morgan fingerprint density at radius 1 is 1.10 bits per heavy atom. The van der Waals surface area contributed by atoms with E-state index >= 15 is 0 Å². The third-order valence-electron chi connectivity index (χ3n) is 7.67. The topological polar surface area (TPSA) is 78.3 Å². The summed E-state index contributed by atoms with van der Waals surface area (Å²) in [4.78, 5) is 13.9. The highest BCUT2D eigenvalue weighted by Crippen LogP contribution is 2.37. The second-order valence-electron chi connectivity index (χ2n) is 10.7. The van der Waals surface area contributed by atoms with E-state index in [0.717, 1.165) is 52.0 Å². The van der Waals surface area contributed by atoms with Gasteiger partial charge in [-0.2, -0.15) is 13.2 Å². The Morgan fingerprint density at radius 2 is 1.86 bits per heavy atom. The number of halogens is 3. The monoisotopic (exact) mass is 596 g/mol. The van der Waals surface area contributed by atoms with Gasteiger partial charge in [0.25, 0.3) is 5.91 Å². The summed E-state index contributed by atoms with van der Waals surface area (Å²) in [7, 11) is 0. The number of aromatic nitrogens is 1. The van der Waals surface area contributed by atoms with Crippen LogP contribution >= 0.6 is 11.9 Å². The first kappa shape index (κ1) is 30.0. The molecule has 3 aromatic carbocycles. The quantitative estimate of drug-likeness (QED) is 0.161. The predicted molar refractivity (Wildman–Crippen MR) is 163 cm³/mol. The van der Waals surface area contributed by atoms with Crippen LogP contribution in [-0.2, 0) is 25.6 Å². The number of aliphatic hydroxyl groups excluding tert-OH is 1. The van der Waals surface area contributed by atoms with Crippen molar-refractivity contribution in [2.75, 3.05) is 17.0 Å². The smallest absolute Gasteiger partial charge is 0.390 e. The summed E-state index contributed by atoms with van der Waals surface area (Å²) >= 11 is 1.61. The van der Waals surface area contributed by atoms with Crippen molar-refractivity contribution in [2.24, 2.45) is 0 Å². The van der Waals surface area contributed by atoms with Crippen LogP contribution in [0.15, 0.2) is 72.8 Å².